The smallest absolute Gasteiger partial charge is 0.156 e. The third-order valence-electron chi connectivity index (χ3n) is 2.67. The fraction of sp³-hybridized carbons (Fsp3) is 0.364. The van der Waals surface area contributed by atoms with E-state index in [9.17, 15) is 4.79 Å². The SMILES string of the molecule is CC1=CCN(c2ncnc(Cl)c2C=O)CC1. The van der Waals surface area contributed by atoms with Crippen molar-refractivity contribution in [3.05, 3.63) is 28.7 Å². The molecule has 0 aliphatic carbocycles. The molecule has 0 spiro atoms. The zero-order valence-electron chi connectivity index (χ0n) is 8.98. The minimum atomic E-state index is 0.214. The summed E-state index contributed by atoms with van der Waals surface area (Å²) in [6, 6.07) is 0. The van der Waals surface area contributed by atoms with E-state index in [1.54, 1.807) is 0 Å². The lowest BCUT2D eigenvalue weighted by Gasteiger charge is -2.27. The fourth-order valence-corrected chi connectivity index (χ4v) is 1.85. The van der Waals surface area contributed by atoms with Crippen LogP contribution in [0.3, 0.4) is 0 Å². The molecule has 1 aliphatic heterocycles. The van der Waals surface area contributed by atoms with Crippen LogP contribution in [-0.2, 0) is 0 Å². The number of aldehydes is 1. The van der Waals surface area contributed by atoms with Crippen LogP contribution in [0.1, 0.15) is 23.7 Å². The molecule has 1 aromatic heterocycles. The van der Waals surface area contributed by atoms with E-state index in [2.05, 4.69) is 23.0 Å². The summed E-state index contributed by atoms with van der Waals surface area (Å²) in [4.78, 5) is 20.9. The van der Waals surface area contributed by atoms with E-state index in [-0.39, 0.29) is 5.15 Å². The summed E-state index contributed by atoms with van der Waals surface area (Å²) in [7, 11) is 0. The lowest BCUT2D eigenvalue weighted by atomic mass is 10.1. The molecule has 0 fully saturated rings. The zero-order chi connectivity index (χ0) is 11.5. The van der Waals surface area contributed by atoms with Crippen molar-refractivity contribution < 1.29 is 4.79 Å². The molecule has 0 unspecified atom stereocenters. The van der Waals surface area contributed by atoms with Crippen LogP contribution in [0.25, 0.3) is 0 Å². The molecular weight excluding hydrogens is 226 g/mol. The van der Waals surface area contributed by atoms with Crippen molar-refractivity contribution in [3.63, 3.8) is 0 Å². The minimum absolute atomic E-state index is 0.214. The molecule has 5 heteroatoms. The molecule has 1 aliphatic rings. The van der Waals surface area contributed by atoms with Gasteiger partial charge in [-0.15, -0.1) is 0 Å². The Labute approximate surface area is 99.0 Å². The largest absolute Gasteiger partial charge is 0.352 e. The number of hydrogen-bond acceptors (Lipinski definition) is 4. The lowest BCUT2D eigenvalue weighted by Crippen LogP contribution is -2.30. The van der Waals surface area contributed by atoms with Crippen LogP contribution in [0.5, 0.6) is 0 Å². The predicted octanol–water partition coefficient (Wildman–Crippen LogP) is 2.10. The van der Waals surface area contributed by atoms with E-state index in [0.717, 1.165) is 19.5 Å². The van der Waals surface area contributed by atoms with Crippen molar-refractivity contribution in [3.8, 4) is 0 Å². The standard InChI is InChI=1S/C11H12ClN3O/c1-8-2-4-15(5-3-8)11-9(6-16)10(12)13-7-14-11/h2,6-7H,3-5H2,1H3. The van der Waals surface area contributed by atoms with Gasteiger partial charge < -0.3 is 4.90 Å². The van der Waals surface area contributed by atoms with E-state index < -0.39 is 0 Å². The maximum atomic E-state index is 10.9. The van der Waals surface area contributed by atoms with Gasteiger partial charge in [0, 0.05) is 13.1 Å². The number of hydrogen-bond donors (Lipinski definition) is 0. The Morgan fingerprint density at radius 1 is 1.50 bits per heavy atom. The first-order valence-electron chi connectivity index (χ1n) is 5.08. The van der Waals surface area contributed by atoms with E-state index in [4.69, 9.17) is 11.6 Å². The summed E-state index contributed by atoms with van der Waals surface area (Å²) in [5.41, 5.74) is 1.74. The van der Waals surface area contributed by atoms with Crippen molar-refractivity contribution in [1.82, 2.24) is 9.97 Å². The molecule has 0 radical (unpaired) electrons. The van der Waals surface area contributed by atoms with E-state index in [0.29, 0.717) is 17.7 Å². The fourth-order valence-electron chi connectivity index (χ4n) is 1.68. The molecule has 0 aromatic carbocycles. The summed E-state index contributed by atoms with van der Waals surface area (Å²) >= 11 is 5.85. The number of carbonyl (C=O) groups is 1. The van der Waals surface area contributed by atoms with Gasteiger partial charge in [-0.2, -0.15) is 0 Å². The van der Waals surface area contributed by atoms with Gasteiger partial charge in [-0.25, -0.2) is 9.97 Å². The van der Waals surface area contributed by atoms with Crippen LogP contribution >= 0.6 is 11.6 Å². The Kier molecular flexibility index (Phi) is 3.19. The Bertz CT molecular complexity index is 445. The molecule has 0 saturated heterocycles. The Hall–Kier alpha value is -1.42. The van der Waals surface area contributed by atoms with Crippen molar-refractivity contribution >= 4 is 23.7 Å². The van der Waals surface area contributed by atoms with Crippen LogP contribution in [0.4, 0.5) is 5.82 Å². The number of rotatable bonds is 2. The molecule has 0 saturated carbocycles. The minimum Gasteiger partial charge on any atom is -0.352 e. The Morgan fingerprint density at radius 3 is 2.94 bits per heavy atom. The van der Waals surface area contributed by atoms with Crippen molar-refractivity contribution in [1.29, 1.82) is 0 Å². The number of aromatic nitrogens is 2. The first-order valence-corrected chi connectivity index (χ1v) is 5.46. The molecule has 16 heavy (non-hydrogen) atoms. The van der Waals surface area contributed by atoms with Crippen molar-refractivity contribution in [2.75, 3.05) is 18.0 Å². The first kappa shape index (κ1) is 11.1. The van der Waals surface area contributed by atoms with Gasteiger partial charge in [-0.1, -0.05) is 23.3 Å². The van der Waals surface area contributed by atoms with Crippen LogP contribution < -0.4 is 4.90 Å². The second-order valence-corrected chi connectivity index (χ2v) is 4.12. The van der Waals surface area contributed by atoms with E-state index in [1.165, 1.54) is 11.9 Å². The summed E-state index contributed by atoms with van der Waals surface area (Å²) in [5, 5.41) is 0.214. The normalized spacial score (nSPS) is 15.9. The highest BCUT2D eigenvalue weighted by Gasteiger charge is 2.17. The van der Waals surface area contributed by atoms with Gasteiger partial charge in [0.25, 0.3) is 0 Å². The maximum Gasteiger partial charge on any atom is 0.156 e. The number of nitrogens with zero attached hydrogens (tertiary/aromatic N) is 3. The maximum absolute atomic E-state index is 10.9. The summed E-state index contributed by atoms with van der Waals surface area (Å²) in [6.07, 6.45) is 5.21. The van der Waals surface area contributed by atoms with Crippen LogP contribution in [0, 0.1) is 0 Å². The van der Waals surface area contributed by atoms with Gasteiger partial charge in [-0.05, 0) is 13.3 Å². The zero-order valence-corrected chi connectivity index (χ0v) is 9.74. The molecular formula is C11H12ClN3O. The number of carbonyl (C=O) groups excluding carboxylic acids is 1. The molecule has 84 valence electrons. The third kappa shape index (κ3) is 2.07. The molecule has 0 atom stereocenters. The number of anilines is 1. The third-order valence-corrected chi connectivity index (χ3v) is 2.97. The summed E-state index contributed by atoms with van der Waals surface area (Å²) in [6.45, 7) is 3.72. The van der Waals surface area contributed by atoms with Gasteiger partial charge in [-0.3, -0.25) is 4.79 Å². The van der Waals surface area contributed by atoms with E-state index >= 15 is 0 Å². The molecule has 2 heterocycles. The Balaban J connectivity index is 2.34. The highest BCUT2D eigenvalue weighted by molar-refractivity contribution is 6.32. The summed E-state index contributed by atoms with van der Waals surface area (Å²) < 4.78 is 0. The van der Waals surface area contributed by atoms with Gasteiger partial charge in [0.2, 0.25) is 0 Å². The topological polar surface area (TPSA) is 46.1 Å². The Morgan fingerprint density at radius 2 is 2.31 bits per heavy atom. The molecule has 0 amide bonds. The second kappa shape index (κ2) is 4.61. The molecule has 4 nitrogen and oxygen atoms in total. The first-order chi connectivity index (χ1) is 7.72. The predicted molar refractivity (Wildman–Crippen MR) is 63.0 cm³/mol. The van der Waals surface area contributed by atoms with Crippen LogP contribution in [0.15, 0.2) is 18.0 Å². The average Bonchev–Trinajstić information content (AvgIpc) is 2.30. The molecule has 2 rings (SSSR count). The highest BCUT2D eigenvalue weighted by Crippen LogP contribution is 2.23. The summed E-state index contributed by atoms with van der Waals surface area (Å²) in [5.74, 6) is 0.624. The second-order valence-electron chi connectivity index (χ2n) is 3.77. The van der Waals surface area contributed by atoms with E-state index in [1.807, 2.05) is 4.90 Å². The van der Waals surface area contributed by atoms with Crippen molar-refractivity contribution in [2.45, 2.75) is 13.3 Å². The molecule has 0 bridgehead atoms. The van der Waals surface area contributed by atoms with Gasteiger partial charge in [0.05, 0.1) is 5.56 Å². The van der Waals surface area contributed by atoms with Crippen molar-refractivity contribution in [2.24, 2.45) is 0 Å². The number of halogens is 1. The van der Waals surface area contributed by atoms with Gasteiger partial charge in [0.1, 0.15) is 17.3 Å². The average molecular weight is 238 g/mol. The van der Waals surface area contributed by atoms with Gasteiger partial charge in [0.15, 0.2) is 6.29 Å². The van der Waals surface area contributed by atoms with Crippen LogP contribution in [0.2, 0.25) is 5.15 Å². The molecule has 0 N–H and O–H groups in total. The lowest BCUT2D eigenvalue weighted by molar-refractivity contribution is 0.112. The van der Waals surface area contributed by atoms with Crippen LogP contribution in [-0.4, -0.2) is 29.3 Å². The van der Waals surface area contributed by atoms with Gasteiger partial charge >= 0.3 is 0 Å². The monoisotopic (exact) mass is 237 g/mol. The highest BCUT2D eigenvalue weighted by atomic mass is 35.5. The molecule has 1 aromatic rings. The quantitative estimate of drug-likeness (QED) is 0.449.